The number of benzene rings is 1. The quantitative estimate of drug-likeness (QED) is 0.840. The molecular weight excluding hydrogens is 254 g/mol. The Hall–Kier alpha value is -2.10. The van der Waals surface area contributed by atoms with E-state index in [1.807, 2.05) is 36.4 Å². The second kappa shape index (κ2) is 7.48. The number of nitrogens with one attached hydrogen (secondary N) is 1. The summed E-state index contributed by atoms with van der Waals surface area (Å²) in [5, 5.41) is 2.67. The van der Waals surface area contributed by atoms with Gasteiger partial charge in [-0.25, -0.2) is 4.79 Å². The lowest BCUT2D eigenvalue weighted by atomic mass is 10.1. The molecule has 4 nitrogen and oxygen atoms in total. The first-order chi connectivity index (χ1) is 9.40. The van der Waals surface area contributed by atoms with Gasteiger partial charge in [0.25, 0.3) is 0 Å². The minimum atomic E-state index is -0.557. The highest BCUT2D eigenvalue weighted by Gasteiger charge is 2.18. The highest BCUT2D eigenvalue weighted by Crippen LogP contribution is 2.08. The summed E-state index contributed by atoms with van der Waals surface area (Å²) in [6.07, 6.45) is 4.11. The van der Waals surface area contributed by atoms with Crippen molar-refractivity contribution in [1.82, 2.24) is 5.32 Å². The van der Waals surface area contributed by atoms with Crippen LogP contribution in [0.4, 0.5) is 4.79 Å². The molecule has 20 heavy (non-hydrogen) atoms. The number of hydrogen-bond donors (Lipinski definition) is 1. The minimum absolute atomic E-state index is 0.211. The Morgan fingerprint density at radius 1 is 1.30 bits per heavy atom. The molecule has 1 aromatic rings. The SMILES string of the molecule is CC(C)(C)OC(=O)NC(C=Cc1ccccc1)CC=O. The summed E-state index contributed by atoms with van der Waals surface area (Å²) in [7, 11) is 0. The van der Waals surface area contributed by atoms with Crippen molar-refractivity contribution in [2.45, 2.75) is 38.8 Å². The van der Waals surface area contributed by atoms with Gasteiger partial charge in [-0.05, 0) is 26.3 Å². The maximum Gasteiger partial charge on any atom is 0.408 e. The second-order valence-corrected chi connectivity index (χ2v) is 5.42. The molecule has 4 heteroatoms. The van der Waals surface area contributed by atoms with Gasteiger partial charge in [-0.15, -0.1) is 0 Å². The molecule has 0 spiro atoms. The fourth-order valence-electron chi connectivity index (χ4n) is 1.54. The summed E-state index contributed by atoms with van der Waals surface area (Å²) >= 11 is 0. The van der Waals surface area contributed by atoms with Crippen LogP contribution in [0.5, 0.6) is 0 Å². The van der Waals surface area contributed by atoms with E-state index in [1.54, 1.807) is 26.8 Å². The summed E-state index contributed by atoms with van der Waals surface area (Å²) < 4.78 is 5.17. The molecule has 0 radical (unpaired) electrons. The predicted octanol–water partition coefficient (Wildman–Crippen LogP) is 3.18. The zero-order chi connectivity index (χ0) is 15.0. The largest absolute Gasteiger partial charge is 0.444 e. The van der Waals surface area contributed by atoms with Crippen molar-refractivity contribution < 1.29 is 14.3 Å². The molecule has 1 N–H and O–H groups in total. The molecule has 0 aliphatic heterocycles. The number of carbonyl (C=O) groups excluding carboxylic acids is 2. The van der Waals surface area contributed by atoms with Crippen LogP contribution in [-0.4, -0.2) is 24.0 Å². The molecule has 0 heterocycles. The first kappa shape index (κ1) is 16.0. The smallest absolute Gasteiger partial charge is 0.408 e. The van der Waals surface area contributed by atoms with E-state index in [-0.39, 0.29) is 12.5 Å². The normalized spacial score (nSPS) is 12.9. The van der Waals surface area contributed by atoms with Gasteiger partial charge in [-0.2, -0.15) is 0 Å². The fourth-order valence-corrected chi connectivity index (χ4v) is 1.54. The van der Waals surface area contributed by atoms with Crippen LogP contribution >= 0.6 is 0 Å². The Bertz CT molecular complexity index is 460. The number of carbonyl (C=O) groups is 2. The van der Waals surface area contributed by atoms with E-state index in [0.717, 1.165) is 11.8 Å². The molecule has 1 rings (SSSR count). The second-order valence-electron chi connectivity index (χ2n) is 5.42. The van der Waals surface area contributed by atoms with Gasteiger partial charge in [0.2, 0.25) is 0 Å². The van der Waals surface area contributed by atoms with Crippen molar-refractivity contribution >= 4 is 18.5 Å². The molecular formula is C16H21NO3. The van der Waals surface area contributed by atoms with Gasteiger partial charge in [0.15, 0.2) is 0 Å². The molecule has 1 atom stereocenters. The van der Waals surface area contributed by atoms with Crippen LogP contribution in [0.15, 0.2) is 36.4 Å². The molecule has 0 fully saturated rings. The van der Waals surface area contributed by atoms with Crippen LogP contribution in [0.3, 0.4) is 0 Å². The van der Waals surface area contributed by atoms with Crippen molar-refractivity contribution in [3.63, 3.8) is 0 Å². The number of amides is 1. The standard InChI is InChI=1S/C16H21NO3/c1-16(2,3)20-15(19)17-14(11-12-18)10-9-13-7-5-4-6-8-13/h4-10,12,14H,11H2,1-3H3,(H,17,19). The van der Waals surface area contributed by atoms with E-state index in [0.29, 0.717) is 0 Å². The van der Waals surface area contributed by atoms with Gasteiger partial charge < -0.3 is 14.8 Å². The highest BCUT2D eigenvalue weighted by molar-refractivity contribution is 5.69. The third-order valence-electron chi connectivity index (χ3n) is 2.37. The van der Waals surface area contributed by atoms with E-state index < -0.39 is 11.7 Å². The Labute approximate surface area is 119 Å². The monoisotopic (exact) mass is 275 g/mol. The van der Waals surface area contributed by atoms with Gasteiger partial charge in [0, 0.05) is 6.42 Å². The van der Waals surface area contributed by atoms with E-state index in [1.165, 1.54) is 0 Å². The van der Waals surface area contributed by atoms with Crippen LogP contribution in [0.25, 0.3) is 6.08 Å². The zero-order valence-corrected chi connectivity index (χ0v) is 12.1. The number of alkyl carbamates (subject to hydrolysis) is 1. The van der Waals surface area contributed by atoms with E-state index in [9.17, 15) is 9.59 Å². The summed E-state index contributed by atoms with van der Waals surface area (Å²) in [5.74, 6) is 0. The molecule has 0 saturated carbocycles. The maximum absolute atomic E-state index is 11.7. The predicted molar refractivity (Wildman–Crippen MR) is 79.3 cm³/mol. The summed E-state index contributed by atoms with van der Waals surface area (Å²) in [6.45, 7) is 5.38. The van der Waals surface area contributed by atoms with Gasteiger partial charge >= 0.3 is 6.09 Å². The summed E-state index contributed by atoms with van der Waals surface area (Å²) in [6, 6.07) is 9.30. The molecule has 1 unspecified atom stereocenters. The molecule has 0 aliphatic rings. The van der Waals surface area contributed by atoms with Crippen LogP contribution < -0.4 is 5.32 Å². The minimum Gasteiger partial charge on any atom is -0.444 e. The molecule has 1 aromatic carbocycles. The Balaban J connectivity index is 2.63. The number of aldehydes is 1. The van der Waals surface area contributed by atoms with Crippen molar-refractivity contribution in [2.24, 2.45) is 0 Å². The fraction of sp³-hybridized carbons (Fsp3) is 0.375. The molecule has 0 saturated heterocycles. The van der Waals surface area contributed by atoms with Gasteiger partial charge in [-0.3, -0.25) is 0 Å². The number of hydrogen-bond acceptors (Lipinski definition) is 3. The van der Waals surface area contributed by atoms with E-state index in [2.05, 4.69) is 5.32 Å². The zero-order valence-electron chi connectivity index (χ0n) is 12.1. The van der Waals surface area contributed by atoms with E-state index >= 15 is 0 Å². The topological polar surface area (TPSA) is 55.4 Å². The van der Waals surface area contributed by atoms with Crippen LogP contribution in [0.1, 0.15) is 32.8 Å². The average Bonchev–Trinajstić information content (AvgIpc) is 2.35. The Morgan fingerprint density at radius 3 is 2.50 bits per heavy atom. The summed E-state index contributed by atoms with van der Waals surface area (Å²) in [5.41, 5.74) is 0.452. The van der Waals surface area contributed by atoms with Crippen molar-refractivity contribution in [2.75, 3.05) is 0 Å². The molecule has 0 bridgehead atoms. The van der Waals surface area contributed by atoms with Crippen molar-refractivity contribution in [3.05, 3.63) is 42.0 Å². The third kappa shape index (κ3) is 6.73. The van der Waals surface area contributed by atoms with Crippen LogP contribution in [-0.2, 0) is 9.53 Å². The van der Waals surface area contributed by atoms with Crippen LogP contribution in [0.2, 0.25) is 0 Å². The Morgan fingerprint density at radius 2 is 1.95 bits per heavy atom. The molecule has 0 aromatic heterocycles. The number of rotatable bonds is 5. The van der Waals surface area contributed by atoms with Crippen molar-refractivity contribution in [1.29, 1.82) is 0 Å². The maximum atomic E-state index is 11.7. The Kier molecular flexibility index (Phi) is 5.97. The van der Waals surface area contributed by atoms with E-state index in [4.69, 9.17) is 4.74 Å². The first-order valence-corrected chi connectivity index (χ1v) is 6.57. The molecule has 108 valence electrons. The first-order valence-electron chi connectivity index (χ1n) is 6.57. The van der Waals surface area contributed by atoms with Gasteiger partial charge in [-0.1, -0.05) is 42.5 Å². The van der Waals surface area contributed by atoms with Gasteiger partial charge in [0.05, 0.1) is 6.04 Å². The van der Waals surface area contributed by atoms with Gasteiger partial charge in [0.1, 0.15) is 11.9 Å². The summed E-state index contributed by atoms with van der Waals surface area (Å²) in [4.78, 5) is 22.3. The average molecular weight is 275 g/mol. The van der Waals surface area contributed by atoms with Crippen molar-refractivity contribution in [3.8, 4) is 0 Å². The highest BCUT2D eigenvalue weighted by atomic mass is 16.6. The third-order valence-corrected chi connectivity index (χ3v) is 2.37. The lowest BCUT2D eigenvalue weighted by Gasteiger charge is -2.21. The number of ether oxygens (including phenoxy) is 1. The molecule has 0 aliphatic carbocycles. The lowest BCUT2D eigenvalue weighted by molar-refractivity contribution is -0.108. The molecule has 1 amide bonds. The lowest BCUT2D eigenvalue weighted by Crippen LogP contribution is -2.38. The van der Waals surface area contributed by atoms with Crippen LogP contribution in [0, 0.1) is 0 Å².